The van der Waals surface area contributed by atoms with E-state index in [9.17, 15) is 9.59 Å². The van der Waals surface area contributed by atoms with Crippen LogP contribution in [0.5, 0.6) is 11.5 Å². The normalized spacial score (nSPS) is 20.6. The van der Waals surface area contributed by atoms with Crippen LogP contribution in [0.3, 0.4) is 0 Å². The number of nitrogens with zero attached hydrogens (tertiary/aromatic N) is 2. The Morgan fingerprint density at radius 2 is 2.00 bits per heavy atom. The molecule has 0 bridgehead atoms. The Hall–Kier alpha value is -3.24. The molecule has 1 atom stereocenters. The molecule has 4 rings (SSSR count). The van der Waals surface area contributed by atoms with Gasteiger partial charge in [0.1, 0.15) is 5.54 Å². The number of carbonyl (C=O) groups is 2. The van der Waals surface area contributed by atoms with Crippen LogP contribution in [-0.4, -0.2) is 23.6 Å². The summed E-state index contributed by atoms with van der Waals surface area (Å²) >= 11 is 6.18. The van der Waals surface area contributed by atoms with E-state index in [4.69, 9.17) is 26.3 Å². The van der Waals surface area contributed by atoms with Crippen LogP contribution in [-0.2, 0) is 16.9 Å². The minimum Gasteiger partial charge on any atom is -0.454 e. The van der Waals surface area contributed by atoms with Gasteiger partial charge in [0, 0.05) is 0 Å². The molecule has 1 saturated heterocycles. The lowest BCUT2D eigenvalue weighted by molar-refractivity contribution is -0.131. The summed E-state index contributed by atoms with van der Waals surface area (Å²) in [6, 6.07) is 11.4. The summed E-state index contributed by atoms with van der Waals surface area (Å²) in [6.45, 7) is 1.77. The molecule has 2 aromatic carbocycles. The van der Waals surface area contributed by atoms with Crippen molar-refractivity contribution in [3.05, 3.63) is 58.1 Å². The number of amides is 3. The summed E-state index contributed by atoms with van der Waals surface area (Å²) < 4.78 is 10.6. The van der Waals surface area contributed by atoms with Gasteiger partial charge in [-0.05, 0) is 42.3 Å². The zero-order chi connectivity index (χ0) is 19.2. The van der Waals surface area contributed by atoms with Crippen LogP contribution in [0.25, 0.3) is 0 Å². The molecule has 1 unspecified atom stereocenters. The van der Waals surface area contributed by atoms with Crippen molar-refractivity contribution in [3.8, 4) is 17.6 Å². The Morgan fingerprint density at radius 1 is 1.26 bits per heavy atom. The average Bonchev–Trinajstić information content (AvgIpc) is 3.21. The fourth-order valence-corrected chi connectivity index (χ4v) is 3.50. The van der Waals surface area contributed by atoms with Crippen LogP contribution < -0.4 is 14.8 Å². The first kappa shape index (κ1) is 17.2. The largest absolute Gasteiger partial charge is 0.454 e. The Kier molecular flexibility index (Phi) is 3.93. The SMILES string of the molecule is CC1(c2ccc(C#N)cc2)NC(=O)N(Cc2cc(Cl)c3c(c2)OCO3)C1=O. The van der Waals surface area contributed by atoms with Crippen molar-refractivity contribution in [2.45, 2.75) is 19.0 Å². The van der Waals surface area contributed by atoms with E-state index in [2.05, 4.69) is 5.32 Å². The molecule has 2 heterocycles. The van der Waals surface area contributed by atoms with Crippen molar-refractivity contribution in [1.82, 2.24) is 10.2 Å². The second-order valence-corrected chi connectivity index (χ2v) is 6.85. The maximum absolute atomic E-state index is 13.0. The van der Waals surface area contributed by atoms with Crippen molar-refractivity contribution in [3.63, 3.8) is 0 Å². The van der Waals surface area contributed by atoms with Crippen LogP contribution in [0.2, 0.25) is 5.02 Å². The first-order valence-electron chi connectivity index (χ1n) is 8.15. The van der Waals surface area contributed by atoms with Gasteiger partial charge in [0.25, 0.3) is 5.91 Å². The quantitative estimate of drug-likeness (QED) is 0.823. The number of rotatable bonds is 3. The number of hydrogen-bond donors (Lipinski definition) is 1. The number of ether oxygens (including phenoxy) is 2. The molecule has 0 aliphatic carbocycles. The second kappa shape index (κ2) is 6.18. The lowest BCUT2D eigenvalue weighted by atomic mass is 9.91. The number of hydrogen-bond acceptors (Lipinski definition) is 5. The van der Waals surface area contributed by atoms with Crippen LogP contribution in [0.15, 0.2) is 36.4 Å². The zero-order valence-corrected chi connectivity index (χ0v) is 15.0. The molecule has 2 aromatic rings. The maximum Gasteiger partial charge on any atom is 0.325 e. The number of carbonyl (C=O) groups excluding carboxylic acids is 2. The molecule has 1 fully saturated rings. The minimum atomic E-state index is -1.20. The van der Waals surface area contributed by atoms with E-state index >= 15 is 0 Å². The monoisotopic (exact) mass is 383 g/mol. The Morgan fingerprint density at radius 3 is 2.70 bits per heavy atom. The highest BCUT2D eigenvalue weighted by Gasteiger charge is 2.48. The van der Waals surface area contributed by atoms with Crippen molar-refractivity contribution >= 4 is 23.5 Å². The van der Waals surface area contributed by atoms with Gasteiger partial charge in [-0.3, -0.25) is 9.69 Å². The van der Waals surface area contributed by atoms with Crippen LogP contribution in [0.1, 0.15) is 23.6 Å². The number of halogens is 1. The van der Waals surface area contributed by atoms with Gasteiger partial charge < -0.3 is 14.8 Å². The van der Waals surface area contributed by atoms with Gasteiger partial charge in [0.05, 0.1) is 23.2 Å². The molecular formula is C19H14ClN3O4. The summed E-state index contributed by atoms with van der Waals surface area (Å²) in [5, 5.41) is 12.0. The fourth-order valence-electron chi connectivity index (χ4n) is 3.21. The molecule has 136 valence electrons. The Balaban J connectivity index is 1.61. The summed E-state index contributed by atoms with van der Waals surface area (Å²) in [4.78, 5) is 26.6. The third-order valence-electron chi connectivity index (χ3n) is 4.69. The smallest absolute Gasteiger partial charge is 0.325 e. The van der Waals surface area contributed by atoms with E-state index in [0.29, 0.717) is 33.2 Å². The van der Waals surface area contributed by atoms with Crippen molar-refractivity contribution < 1.29 is 19.1 Å². The molecule has 8 heteroatoms. The molecule has 2 aliphatic heterocycles. The number of nitriles is 1. The van der Waals surface area contributed by atoms with Gasteiger partial charge >= 0.3 is 6.03 Å². The summed E-state index contributed by atoms with van der Waals surface area (Å²) in [5.74, 6) is 0.561. The highest BCUT2D eigenvalue weighted by atomic mass is 35.5. The maximum atomic E-state index is 13.0. The Labute approximate surface area is 160 Å². The average molecular weight is 384 g/mol. The van der Waals surface area contributed by atoms with Crippen molar-refractivity contribution in [1.29, 1.82) is 5.26 Å². The van der Waals surface area contributed by atoms with Gasteiger partial charge in [0.15, 0.2) is 11.5 Å². The van der Waals surface area contributed by atoms with E-state index in [1.54, 1.807) is 43.3 Å². The molecule has 1 N–H and O–H groups in total. The molecule has 0 saturated carbocycles. The third kappa shape index (κ3) is 2.75. The number of nitrogens with one attached hydrogen (secondary N) is 1. The predicted molar refractivity (Wildman–Crippen MR) is 95.2 cm³/mol. The molecule has 0 radical (unpaired) electrons. The lowest BCUT2D eigenvalue weighted by Gasteiger charge is -2.22. The van der Waals surface area contributed by atoms with Gasteiger partial charge in [0.2, 0.25) is 6.79 Å². The molecule has 2 aliphatic rings. The van der Waals surface area contributed by atoms with E-state index in [-0.39, 0.29) is 19.2 Å². The van der Waals surface area contributed by atoms with E-state index in [0.717, 1.165) is 4.90 Å². The molecule has 0 aromatic heterocycles. The van der Waals surface area contributed by atoms with Gasteiger partial charge in [-0.15, -0.1) is 0 Å². The standard InChI is InChI=1S/C19H14ClN3O4/c1-19(13-4-2-11(8-21)3-5-13)17(24)23(18(25)22-19)9-12-6-14(20)16-15(7-12)26-10-27-16/h2-7H,9-10H2,1H3,(H,22,25). The molecule has 3 amide bonds. The van der Waals surface area contributed by atoms with Crippen LogP contribution in [0.4, 0.5) is 4.79 Å². The van der Waals surface area contributed by atoms with Gasteiger partial charge in [-0.25, -0.2) is 4.79 Å². The third-order valence-corrected chi connectivity index (χ3v) is 4.97. The van der Waals surface area contributed by atoms with E-state index in [1.165, 1.54) is 0 Å². The molecule has 0 spiro atoms. The Bertz CT molecular complexity index is 999. The van der Waals surface area contributed by atoms with Crippen LogP contribution in [0, 0.1) is 11.3 Å². The number of imide groups is 1. The van der Waals surface area contributed by atoms with Gasteiger partial charge in [-0.1, -0.05) is 23.7 Å². The summed E-state index contributed by atoms with van der Waals surface area (Å²) in [6.07, 6.45) is 0. The molecule has 7 nitrogen and oxygen atoms in total. The lowest BCUT2D eigenvalue weighted by Crippen LogP contribution is -2.40. The first-order valence-corrected chi connectivity index (χ1v) is 8.53. The van der Waals surface area contributed by atoms with Gasteiger partial charge in [-0.2, -0.15) is 5.26 Å². The summed E-state index contributed by atoms with van der Waals surface area (Å²) in [5.41, 5.74) is 0.527. The highest BCUT2D eigenvalue weighted by molar-refractivity contribution is 6.32. The highest BCUT2D eigenvalue weighted by Crippen LogP contribution is 2.40. The first-order chi connectivity index (χ1) is 12.9. The molecule has 27 heavy (non-hydrogen) atoms. The summed E-state index contributed by atoms with van der Waals surface area (Å²) in [7, 11) is 0. The minimum absolute atomic E-state index is 0.0485. The van der Waals surface area contributed by atoms with E-state index < -0.39 is 11.6 Å². The molecular weight excluding hydrogens is 370 g/mol. The van der Waals surface area contributed by atoms with Crippen molar-refractivity contribution in [2.24, 2.45) is 0 Å². The zero-order valence-electron chi connectivity index (χ0n) is 14.3. The number of fused-ring (bicyclic) bond motifs is 1. The van der Waals surface area contributed by atoms with Crippen molar-refractivity contribution in [2.75, 3.05) is 6.79 Å². The number of urea groups is 1. The number of benzene rings is 2. The van der Waals surface area contributed by atoms with Crippen LogP contribution >= 0.6 is 11.6 Å². The second-order valence-electron chi connectivity index (χ2n) is 6.45. The van der Waals surface area contributed by atoms with E-state index in [1.807, 2.05) is 6.07 Å². The topological polar surface area (TPSA) is 91.7 Å². The fraction of sp³-hybridized carbons (Fsp3) is 0.211. The predicted octanol–water partition coefficient (Wildman–Crippen LogP) is 2.91.